The minimum Gasteiger partial charge on any atom is -0.192 e. The minimum atomic E-state index is 0.392. The van der Waals surface area contributed by atoms with E-state index in [-0.39, 0.29) is 0 Å². The molecule has 0 N–H and O–H groups in total. The molecule has 6 heteroatoms. The molecule has 0 unspecified atom stereocenters. The lowest BCUT2D eigenvalue weighted by atomic mass is 10.3. The topological polar surface area (TPSA) is 80.3 Å². The maximum Gasteiger partial charge on any atom is 0.195 e. The Morgan fingerprint density at radius 3 is 2.88 bits per heavy atom. The van der Waals surface area contributed by atoms with Gasteiger partial charge in [0.25, 0.3) is 0 Å². The molecule has 6 nitrogen and oxygen atoms in total. The van der Waals surface area contributed by atoms with E-state index in [9.17, 15) is 0 Å². The Bertz CT molecular complexity index is 724. The minimum absolute atomic E-state index is 0.392. The summed E-state index contributed by atoms with van der Waals surface area (Å²) in [6, 6.07) is 11.1. The molecule has 0 aliphatic heterocycles. The van der Waals surface area contributed by atoms with Crippen molar-refractivity contribution >= 4 is 11.0 Å². The van der Waals surface area contributed by atoms with E-state index in [1.54, 1.807) is 6.07 Å². The highest BCUT2D eigenvalue weighted by atomic mass is 15.5. The van der Waals surface area contributed by atoms with Crippen LogP contribution in [0.1, 0.15) is 5.56 Å². The Morgan fingerprint density at radius 2 is 2.00 bits per heavy atom. The molecule has 1 aromatic carbocycles. The van der Waals surface area contributed by atoms with Crippen molar-refractivity contribution in [1.82, 2.24) is 25.2 Å². The summed E-state index contributed by atoms with van der Waals surface area (Å²) >= 11 is 0. The standard InChI is InChI=1S/C11H6N6/c12-7-8-5-6-13-15-11(8)17-10-4-2-1-3-9(10)14-16-17/h1-6H. The molecular weight excluding hydrogens is 216 g/mol. The maximum absolute atomic E-state index is 9.01. The molecule has 0 amide bonds. The number of fused-ring (bicyclic) bond motifs is 1. The van der Waals surface area contributed by atoms with Gasteiger partial charge < -0.3 is 0 Å². The van der Waals surface area contributed by atoms with Gasteiger partial charge in [-0.1, -0.05) is 17.3 Å². The van der Waals surface area contributed by atoms with Gasteiger partial charge in [0.15, 0.2) is 5.82 Å². The van der Waals surface area contributed by atoms with Crippen LogP contribution < -0.4 is 0 Å². The molecule has 0 fully saturated rings. The smallest absolute Gasteiger partial charge is 0.192 e. The quantitative estimate of drug-likeness (QED) is 0.615. The number of nitrogens with zero attached hydrogens (tertiary/aromatic N) is 6. The van der Waals surface area contributed by atoms with Crippen LogP contribution in [0.5, 0.6) is 0 Å². The Hall–Kier alpha value is -2.81. The zero-order chi connectivity index (χ0) is 11.7. The third kappa shape index (κ3) is 1.41. The average Bonchev–Trinajstić information content (AvgIpc) is 2.82. The van der Waals surface area contributed by atoms with Crippen molar-refractivity contribution in [3.63, 3.8) is 0 Å². The lowest BCUT2D eigenvalue weighted by molar-refractivity contribution is 0.777. The third-order valence-corrected chi connectivity index (χ3v) is 2.37. The molecule has 3 rings (SSSR count). The summed E-state index contributed by atoms with van der Waals surface area (Å²) in [5.74, 6) is 0.392. The van der Waals surface area contributed by atoms with Crippen molar-refractivity contribution in [2.24, 2.45) is 0 Å². The number of hydrogen-bond donors (Lipinski definition) is 0. The van der Waals surface area contributed by atoms with E-state index >= 15 is 0 Å². The normalized spacial score (nSPS) is 10.3. The Kier molecular flexibility index (Phi) is 2.02. The summed E-state index contributed by atoms with van der Waals surface area (Å²) < 4.78 is 1.51. The summed E-state index contributed by atoms with van der Waals surface area (Å²) in [6.45, 7) is 0. The summed E-state index contributed by atoms with van der Waals surface area (Å²) in [5, 5.41) is 24.7. The van der Waals surface area contributed by atoms with Crippen molar-refractivity contribution in [2.45, 2.75) is 0 Å². The van der Waals surface area contributed by atoms with E-state index in [4.69, 9.17) is 5.26 Å². The number of rotatable bonds is 1. The Balaban J connectivity index is 2.32. The first-order valence-electron chi connectivity index (χ1n) is 4.93. The molecule has 0 bridgehead atoms. The van der Waals surface area contributed by atoms with Crippen LogP contribution in [0.25, 0.3) is 16.9 Å². The molecule has 0 aliphatic rings. The van der Waals surface area contributed by atoms with Crippen molar-refractivity contribution in [3.05, 3.63) is 42.1 Å². The van der Waals surface area contributed by atoms with Crippen LogP contribution >= 0.6 is 0 Å². The van der Waals surface area contributed by atoms with E-state index in [1.165, 1.54) is 10.9 Å². The van der Waals surface area contributed by atoms with Gasteiger partial charge in [0.05, 0.1) is 11.7 Å². The lowest BCUT2D eigenvalue weighted by Crippen LogP contribution is -2.03. The van der Waals surface area contributed by atoms with E-state index < -0.39 is 0 Å². The average molecular weight is 222 g/mol. The summed E-state index contributed by atoms with van der Waals surface area (Å²) in [6.07, 6.45) is 1.47. The van der Waals surface area contributed by atoms with Gasteiger partial charge in [-0.15, -0.1) is 10.2 Å². The predicted molar refractivity (Wildman–Crippen MR) is 59.2 cm³/mol. The molecule has 0 atom stereocenters. The molecule has 2 heterocycles. The first-order chi connectivity index (χ1) is 8.40. The van der Waals surface area contributed by atoms with Crippen molar-refractivity contribution < 1.29 is 0 Å². The highest BCUT2D eigenvalue weighted by molar-refractivity contribution is 5.75. The predicted octanol–water partition coefficient (Wildman–Crippen LogP) is 1.08. The maximum atomic E-state index is 9.01. The fourth-order valence-corrected chi connectivity index (χ4v) is 1.59. The van der Waals surface area contributed by atoms with Gasteiger partial charge in [0, 0.05) is 0 Å². The van der Waals surface area contributed by atoms with Crippen LogP contribution in [-0.4, -0.2) is 25.2 Å². The molecule has 0 radical (unpaired) electrons. The van der Waals surface area contributed by atoms with E-state index in [0.29, 0.717) is 11.4 Å². The lowest BCUT2D eigenvalue weighted by Gasteiger charge is -2.00. The number of benzene rings is 1. The molecule has 0 spiro atoms. The molecule has 80 valence electrons. The fraction of sp³-hybridized carbons (Fsp3) is 0. The van der Waals surface area contributed by atoms with Crippen LogP contribution in [-0.2, 0) is 0 Å². The molecule has 0 aliphatic carbocycles. The summed E-state index contributed by atoms with van der Waals surface area (Å²) in [4.78, 5) is 0. The SMILES string of the molecule is N#Cc1ccnnc1-n1nnc2ccccc21. The van der Waals surface area contributed by atoms with Crippen LogP contribution in [0.4, 0.5) is 0 Å². The highest BCUT2D eigenvalue weighted by Gasteiger charge is 2.11. The van der Waals surface area contributed by atoms with Crippen molar-refractivity contribution in [1.29, 1.82) is 5.26 Å². The van der Waals surface area contributed by atoms with Crippen LogP contribution in [0.2, 0.25) is 0 Å². The summed E-state index contributed by atoms with van der Waals surface area (Å²) in [7, 11) is 0. The number of para-hydroxylation sites is 1. The second kappa shape index (κ2) is 3.64. The van der Waals surface area contributed by atoms with Gasteiger partial charge >= 0.3 is 0 Å². The van der Waals surface area contributed by atoms with Crippen LogP contribution in [0.3, 0.4) is 0 Å². The molecule has 0 saturated carbocycles. The van der Waals surface area contributed by atoms with Gasteiger partial charge in [-0.3, -0.25) is 0 Å². The van der Waals surface area contributed by atoms with Crippen molar-refractivity contribution in [2.75, 3.05) is 0 Å². The highest BCUT2D eigenvalue weighted by Crippen LogP contribution is 2.15. The number of hydrogen-bond acceptors (Lipinski definition) is 5. The van der Waals surface area contributed by atoms with Gasteiger partial charge in [-0.2, -0.15) is 15.0 Å². The Morgan fingerprint density at radius 1 is 1.12 bits per heavy atom. The monoisotopic (exact) mass is 222 g/mol. The molecular formula is C11H6N6. The molecule has 0 saturated heterocycles. The Labute approximate surface area is 96.1 Å². The van der Waals surface area contributed by atoms with E-state index in [1.807, 2.05) is 24.3 Å². The first kappa shape index (κ1) is 9.42. The van der Waals surface area contributed by atoms with Gasteiger partial charge in [-0.05, 0) is 18.2 Å². The molecule has 3 aromatic rings. The fourth-order valence-electron chi connectivity index (χ4n) is 1.59. The molecule has 2 aromatic heterocycles. The zero-order valence-corrected chi connectivity index (χ0v) is 8.65. The zero-order valence-electron chi connectivity index (χ0n) is 8.65. The number of nitriles is 1. The molecule has 17 heavy (non-hydrogen) atoms. The van der Waals surface area contributed by atoms with Gasteiger partial charge in [-0.25, -0.2) is 0 Å². The van der Waals surface area contributed by atoms with Crippen molar-refractivity contribution in [3.8, 4) is 11.9 Å². The van der Waals surface area contributed by atoms with Crippen LogP contribution in [0, 0.1) is 11.3 Å². The second-order valence-corrected chi connectivity index (χ2v) is 3.37. The number of aromatic nitrogens is 5. The van der Waals surface area contributed by atoms with Crippen LogP contribution in [0.15, 0.2) is 36.5 Å². The second-order valence-electron chi connectivity index (χ2n) is 3.37. The van der Waals surface area contributed by atoms with E-state index in [0.717, 1.165) is 11.0 Å². The van der Waals surface area contributed by atoms with Gasteiger partial charge in [0.1, 0.15) is 17.1 Å². The summed E-state index contributed by atoms with van der Waals surface area (Å²) in [5.41, 5.74) is 1.96. The van der Waals surface area contributed by atoms with E-state index in [2.05, 4.69) is 26.6 Å². The first-order valence-corrected chi connectivity index (χ1v) is 4.93. The van der Waals surface area contributed by atoms with Gasteiger partial charge in [0.2, 0.25) is 0 Å². The third-order valence-electron chi connectivity index (χ3n) is 2.37. The largest absolute Gasteiger partial charge is 0.195 e.